The van der Waals surface area contributed by atoms with Crippen LogP contribution >= 0.6 is 22.9 Å². The van der Waals surface area contributed by atoms with Crippen LogP contribution in [0.2, 0.25) is 5.02 Å². The Kier molecular flexibility index (Phi) is 6.23. The third-order valence-corrected chi connectivity index (χ3v) is 4.49. The Balaban J connectivity index is 2.12. The van der Waals surface area contributed by atoms with Crippen LogP contribution in [0.4, 0.5) is 11.4 Å². The molecule has 0 aliphatic heterocycles. The molecule has 0 fully saturated rings. The number of anilines is 2. The number of benzene rings is 1. The maximum Gasteiger partial charge on any atom is 0.267 e. The Hall–Kier alpha value is -2.05. The maximum atomic E-state index is 12.2. The summed E-state index contributed by atoms with van der Waals surface area (Å²) >= 11 is 7.23. The first-order valence-corrected chi connectivity index (χ1v) is 8.68. The fraction of sp³-hybridized carbons (Fsp3) is 0.294. The fourth-order valence-corrected chi connectivity index (χ4v) is 3.12. The zero-order chi connectivity index (χ0) is 17.7. The van der Waals surface area contributed by atoms with E-state index in [9.17, 15) is 9.59 Å². The number of rotatable bonds is 6. The second-order valence-corrected chi connectivity index (χ2v) is 6.94. The van der Waals surface area contributed by atoms with Crippen molar-refractivity contribution in [3.8, 4) is 5.75 Å². The van der Waals surface area contributed by atoms with Crippen molar-refractivity contribution < 1.29 is 14.3 Å². The van der Waals surface area contributed by atoms with Gasteiger partial charge in [-0.1, -0.05) is 25.4 Å². The highest BCUT2D eigenvalue weighted by molar-refractivity contribution is 7.12. The van der Waals surface area contributed by atoms with E-state index in [1.807, 2.05) is 13.8 Å². The summed E-state index contributed by atoms with van der Waals surface area (Å²) in [6.45, 7) is 3.95. The molecule has 0 saturated carbocycles. The zero-order valence-electron chi connectivity index (χ0n) is 13.7. The molecule has 0 radical (unpaired) electrons. The number of carbonyl (C=O) groups is 2. The van der Waals surface area contributed by atoms with Crippen LogP contribution in [-0.2, 0) is 4.79 Å². The molecule has 1 aromatic heterocycles. The molecule has 0 aliphatic rings. The Morgan fingerprint density at radius 1 is 1.25 bits per heavy atom. The molecule has 2 rings (SSSR count). The van der Waals surface area contributed by atoms with Crippen LogP contribution in [0.25, 0.3) is 0 Å². The van der Waals surface area contributed by atoms with Crippen molar-refractivity contribution in [2.45, 2.75) is 20.3 Å². The molecular weight excluding hydrogens is 348 g/mol. The number of ether oxygens (including phenoxy) is 1. The molecule has 128 valence electrons. The average Bonchev–Trinajstić information content (AvgIpc) is 2.94. The van der Waals surface area contributed by atoms with Gasteiger partial charge < -0.3 is 15.4 Å². The Morgan fingerprint density at radius 2 is 2.00 bits per heavy atom. The molecule has 0 aliphatic carbocycles. The number of carbonyl (C=O) groups excluding carboxylic acids is 2. The highest BCUT2D eigenvalue weighted by atomic mass is 35.5. The minimum Gasteiger partial charge on any atom is -0.494 e. The molecular formula is C17H19ClN2O3S. The van der Waals surface area contributed by atoms with E-state index < -0.39 is 0 Å². The van der Waals surface area contributed by atoms with Crippen LogP contribution in [0.3, 0.4) is 0 Å². The van der Waals surface area contributed by atoms with E-state index in [2.05, 4.69) is 10.6 Å². The van der Waals surface area contributed by atoms with Gasteiger partial charge in [0, 0.05) is 18.2 Å². The number of amides is 2. The van der Waals surface area contributed by atoms with Gasteiger partial charge >= 0.3 is 0 Å². The molecule has 1 aromatic carbocycles. The zero-order valence-corrected chi connectivity index (χ0v) is 15.3. The standard InChI is InChI=1S/C17H19ClN2O3S/c1-10(2)8-15(21)20-13-5-4-11(9-14(13)23-3)19-17(22)16-12(18)6-7-24-16/h4-7,9-10H,8H2,1-3H3,(H,19,22)(H,20,21). The number of thiophene rings is 1. The van der Waals surface area contributed by atoms with Crippen LogP contribution in [0.15, 0.2) is 29.6 Å². The quantitative estimate of drug-likeness (QED) is 0.782. The molecule has 1 heterocycles. The number of halogens is 1. The summed E-state index contributed by atoms with van der Waals surface area (Å²) in [4.78, 5) is 24.5. The first-order chi connectivity index (χ1) is 11.4. The third-order valence-electron chi connectivity index (χ3n) is 3.15. The van der Waals surface area contributed by atoms with Crippen molar-refractivity contribution in [1.29, 1.82) is 0 Å². The molecule has 24 heavy (non-hydrogen) atoms. The van der Waals surface area contributed by atoms with E-state index in [0.717, 1.165) is 0 Å². The largest absolute Gasteiger partial charge is 0.494 e. The summed E-state index contributed by atoms with van der Waals surface area (Å²) in [6, 6.07) is 6.73. The van der Waals surface area contributed by atoms with Gasteiger partial charge in [0.05, 0.1) is 17.8 Å². The van der Waals surface area contributed by atoms with E-state index >= 15 is 0 Å². The fourth-order valence-electron chi connectivity index (χ4n) is 2.09. The molecule has 0 atom stereocenters. The molecule has 5 nitrogen and oxygen atoms in total. The number of hydrogen-bond donors (Lipinski definition) is 2. The second-order valence-electron chi connectivity index (χ2n) is 5.61. The van der Waals surface area contributed by atoms with Crippen molar-refractivity contribution >= 4 is 46.1 Å². The van der Waals surface area contributed by atoms with E-state index in [4.69, 9.17) is 16.3 Å². The van der Waals surface area contributed by atoms with Crippen molar-refractivity contribution in [3.63, 3.8) is 0 Å². The minimum atomic E-state index is -0.284. The van der Waals surface area contributed by atoms with E-state index in [1.165, 1.54) is 18.4 Å². The minimum absolute atomic E-state index is 0.0783. The van der Waals surface area contributed by atoms with Gasteiger partial charge in [0.2, 0.25) is 5.91 Å². The predicted octanol–water partition coefficient (Wildman–Crippen LogP) is 4.65. The SMILES string of the molecule is COc1cc(NC(=O)c2sccc2Cl)ccc1NC(=O)CC(C)C. The lowest BCUT2D eigenvalue weighted by atomic mass is 10.1. The van der Waals surface area contributed by atoms with Gasteiger partial charge in [-0.05, 0) is 29.5 Å². The van der Waals surface area contributed by atoms with Crippen LogP contribution in [0.1, 0.15) is 29.9 Å². The summed E-state index contributed by atoms with van der Waals surface area (Å²) in [6.07, 6.45) is 0.429. The lowest BCUT2D eigenvalue weighted by molar-refractivity contribution is -0.116. The molecule has 0 saturated heterocycles. The van der Waals surface area contributed by atoms with Crippen molar-refractivity contribution in [1.82, 2.24) is 0 Å². The van der Waals surface area contributed by atoms with Gasteiger partial charge in [0.25, 0.3) is 5.91 Å². The third kappa shape index (κ3) is 4.72. The van der Waals surface area contributed by atoms with Crippen molar-refractivity contribution in [3.05, 3.63) is 39.5 Å². The topological polar surface area (TPSA) is 67.4 Å². The van der Waals surface area contributed by atoms with Gasteiger partial charge in [-0.2, -0.15) is 0 Å². The molecule has 2 N–H and O–H groups in total. The normalized spacial score (nSPS) is 10.5. The van der Waals surface area contributed by atoms with Crippen molar-refractivity contribution in [2.75, 3.05) is 17.7 Å². The molecule has 0 spiro atoms. The number of nitrogens with one attached hydrogen (secondary N) is 2. The number of hydrogen-bond acceptors (Lipinski definition) is 4. The average molecular weight is 367 g/mol. The predicted molar refractivity (Wildman–Crippen MR) is 98.4 cm³/mol. The molecule has 0 bridgehead atoms. The molecule has 0 unspecified atom stereocenters. The summed E-state index contributed by atoms with van der Waals surface area (Å²) in [7, 11) is 1.51. The Labute approximate surface area is 150 Å². The monoisotopic (exact) mass is 366 g/mol. The van der Waals surface area contributed by atoms with Gasteiger partial charge in [-0.3, -0.25) is 9.59 Å². The Morgan fingerprint density at radius 3 is 2.58 bits per heavy atom. The summed E-state index contributed by atoms with van der Waals surface area (Å²) in [5, 5.41) is 7.75. The van der Waals surface area contributed by atoms with Gasteiger partial charge in [0.1, 0.15) is 10.6 Å². The first-order valence-electron chi connectivity index (χ1n) is 7.43. The summed E-state index contributed by atoms with van der Waals surface area (Å²) < 4.78 is 5.30. The summed E-state index contributed by atoms with van der Waals surface area (Å²) in [5.41, 5.74) is 1.12. The lowest BCUT2D eigenvalue weighted by Crippen LogP contribution is -2.15. The lowest BCUT2D eigenvalue weighted by Gasteiger charge is -2.13. The van der Waals surface area contributed by atoms with Crippen LogP contribution < -0.4 is 15.4 Å². The number of methoxy groups -OCH3 is 1. The Bertz CT molecular complexity index is 743. The summed E-state index contributed by atoms with van der Waals surface area (Å²) in [5.74, 6) is 0.381. The highest BCUT2D eigenvalue weighted by Gasteiger charge is 2.14. The first kappa shape index (κ1) is 18.3. The molecule has 7 heteroatoms. The van der Waals surface area contributed by atoms with Crippen molar-refractivity contribution in [2.24, 2.45) is 5.92 Å². The maximum absolute atomic E-state index is 12.2. The smallest absolute Gasteiger partial charge is 0.267 e. The molecule has 2 aromatic rings. The van der Waals surface area contributed by atoms with E-state index in [1.54, 1.807) is 29.6 Å². The van der Waals surface area contributed by atoms with Gasteiger partial charge in [-0.25, -0.2) is 0 Å². The highest BCUT2D eigenvalue weighted by Crippen LogP contribution is 2.29. The van der Waals surface area contributed by atoms with Crippen LogP contribution in [-0.4, -0.2) is 18.9 Å². The van der Waals surface area contributed by atoms with E-state index in [0.29, 0.717) is 33.4 Å². The van der Waals surface area contributed by atoms with Crippen LogP contribution in [0, 0.1) is 5.92 Å². The van der Waals surface area contributed by atoms with E-state index in [-0.39, 0.29) is 17.7 Å². The second kappa shape index (κ2) is 8.17. The van der Waals surface area contributed by atoms with Gasteiger partial charge in [-0.15, -0.1) is 11.3 Å². The van der Waals surface area contributed by atoms with Crippen LogP contribution in [0.5, 0.6) is 5.75 Å². The van der Waals surface area contributed by atoms with Gasteiger partial charge in [0.15, 0.2) is 0 Å². The molecule has 2 amide bonds.